The van der Waals surface area contributed by atoms with Gasteiger partial charge in [0.15, 0.2) is 5.89 Å². The van der Waals surface area contributed by atoms with Crippen LogP contribution in [0.2, 0.25) is 0 Å². The molecule has 2 atom stereocenters. The molecule has 0 radical (unpaired) electrons. The fourth-order valence-electron chi connectivity index (χ4n) is 2.80. The van der Waals surface area contributed by atoms with Crippen molar-refractivity contribution >= 4 is 5.91 Å². The van der Waals surface area contributed by atoms with Crippen LogP contribution in [0.5, 0.6) is 0 Å². The molecule has 1 N–H and O–H groups in total. The highest BCUT2D eigenvalue weighted by atomic mass is 16.5. The molecule has 1 saturated heterocycles. The Bertz CT molecular complexity index is 651. The summed E-state index contributed by atoms with van der Waals surface area (Å²) in [5, 5.41) is 10.5. The van der Waals surface area contributed by atoms with Gasteiger partial charge in [-0.3, -0.25) is 4.79 Å². The second-order valence-electron chi connectivity index (χ2n) is 5.36. The van der Waals surface area contributed by atoms with Crippen molar-refractivity contribution in [3.05, 3.63) is 29.2 Å². The molecule has 0 aliphatic carbocycles. The lowest BCUT2D eigenvalue weighted by atomic mass is 10.0. The van der Waals surface area contributed by atoms with Gasteiger partial charge in [-0.2, -0.15) is 15.4 Å². The van der Waals surface area contributed by atoms with Crippen LogP contribution in [0.3, 0.4) is 0 Å². The Balaban J connectivity index is 1.80. The molecule has 22 heavy (non-hydrogen) atoms. The Morgan fingerprint density at radius 1 is 1.55 bits per heavy atom. The molecule has 118 valence electrons. The van der Waals surface area contributed by atoms with Gasteiger partial charge in [0, 0.05) is 26.6 Å². The zero-order chi connectivity index (χ0) is 15.7. The highest BCUT2D eigenvalue weighted by molar-refractivity contribution is 5.92. The molecular formula is C14H19N5O3. The van der Waals surface area contributed by atoms with Crippen LogP contribution in [0.1, 0.15) is 40.7 Å². The van der Waals surface area contributed by atoms with Crippen molar-refractivity contribution in [1.82, 2.24) is 25.3 Å². The molecule has 0 aromatic carbocycles. The Labute approximate surface area is 127 Å². The summed E-state index contributed by atoms with van der Waals surface area (Å²) in [4.78, 5) is 18.6. The molecule has 8 nitrogen and oxygen atoms in total. The second kappa shape index (κ2) is 5.88. The number of carbonyl (C=O) groups excluding carboxylic acids is 1. The quantitative estimate of drug-likeness (QED) is 0.902. The van der Waals surface area contributed by atoms with Crippen LogP contribution >= 0.6 is 0 Å². The fraction of sp³-hybridized carbons (Fsp3) is 0.571. The van der Waals surface area contributed by atoms with Crippen molar-refractivity contribution in [2.24, 2.45) is 0 Å². The number of carbonyl (C=O) groups is 1. The van der Waals surface area contributed by atoms with E-state index in [1.54, 1.807) is 25.1 Å². The summed E-state index contributed by atoms with van der Waals surface area (Å²) in [5.74, 6) is 0.739. The Kier molecular flexibility index (Phi) is 3.93. The van der Waals surface area contributed by atoms with Crippen molar-refractivity contribution in [3.8, 4) is 0 Å². The number of oxazole rings is 1. The van der Waals surface area contributed by atoms with E-state index in [2.05, 4.69) is 20.4 Å². The zero-order valence-corrected chi connectivity index (χ0v) is 12.9. The van der Waals surface area contributed by atoms with E-state index >= 15 is 0 Å². The number of aryl methyl sites for hydroxylation is 2. The van der Waals surface area contributed by atoms with Crippen LogP contribution in [0.4, 0.5) is 0 Å². The SMILES string of the molecule is CCc1nc(C)c(C(=O)N2C[C@@H](OC)[C@H](c3cn[nH]n3)C2)o1. The first-order chi connectivity index (χ1) is 10.6. The highest BCUT2D eigenvalue weighted by Crippen LogP contribution is 2.29. The second-order valence-corrected chi connectivity index (χ2v) is 5.36. The van der Waals surface area contributed by atoms with Crippen LogP contribution in [0.25, 0.3) is 0 Å². The molecule has 1 amide bonds. The number of rotatable bonds is 4. The number of ether oxygens (including phenoxy) is 1. The van der Waals surface area contributed by atoms with Gasteiger partial charge in [0.2, 0.25) is 5.76 Å². The van der Waals surface area contributed by atoms with Gasteiger partial charge >= 0.3 is 0 Å². The number of aromatic amines is 1. The average Bonchev–Trinajstić information content (AvgIpc) is 3.24. The predicted octanol–water partition coefficient (Wildman–Crippen LogP) is 0.918. The van der Waals surface area contributed by atoms with Gasteiger partial charge in [0.25, 0.3) is 5.91 Å². The molecule has 0 unspecified atom stereocenters. The van der Waals surface area contributed by atoms with E-state index < -0.39 is 0 Å². The fourth-order valence-corrected chi connectivity index (χ4v) is 2.80. The van der Waals surface area contributed by atoms with Gasteiger partial charge in [-0.15, -0.1) is 0 Å². The molecule has 0 saturated carbocycles. The summed E-state index contributed by atoms with van der Waals surface area (Å²) < 4.78 is 11.1. The van der Waals surface area contributed by atoms with Crippen molar-refractivity contribution in [1.29, 1.82) is 0 Å². The lowest BCUT2D eigenvalue weighted by Gasteiger charge is -2.14. The first-order valence-electron chi connectivity index (χ1n) is 7.28. The molecule has 1 aliphatic rings. The van der Waals surface area contributed by atoms with Crippen LogP contribution < -0.4 is 0 Å². The van der Waals surface area contributed by atoms with E-state index in [0.29, 0.717) is 36.9 Å². The summed E-state index contributed by atoms with van der Waals surface area (Å²) in [6.07, 6.45) is 2.22. The number of H-pyrrole nitrogens is 1. The van der Waals surface area contributed by atoms with Gasteiger partial charge < -0.3 is 14.1 Å². The number of hydrogen-bond acceptors (Lipinski definition) is 6. The number of likely N-dealkylation sites (tertiary alicyclic amines) is 1. The number of hydrogen-bond donors (Lipinski definition) is 1. The smallest absolute Gasteiger partial charge is 0.291 e. The van der Waals surface area contributed by atoms with Gasteiger partial charge in [-0.1, -0.05) is 6.92 Å². The number of methoxy groups -OCH3 is 1. The van der Waals surface area contributed by atoms with E-state index in [1.807, 2.05) is 6.92 Å². The molecule has 2 aromatic heterocycles. The predicted molar refractivity (Wildman–Crippen MR) is 76.4 cm³/mol. The molecule has 0 spiro atoms. The molecule has 1 fully saturated rings. The molecule has 0 bridgehead atoms. The van der Waals surface area contributed by atoms with Gasteiger partial charge in [0.05, 0.1) is 29.6 Å². The van der Waals surface area contributed by atoms with E-state index in [1.165, 1.54) is 0 Å². The van der Waals surface area contributed by atoms with Gasteiger partial charge in [-0.25, -0.2) is 4.98 Å². The molecular weight excluding hydrogens is 286 g/mol. The Hall–Kier alpha value is -2.22. The number of nitrogens with one attached hydrogen (secondary N) is 1. The van der Waals surface area contributed by atoms with Crippen LogP contribution in [0.15, 0.2) is 10.6 Å². The first-order valence-corrected chi connectivity index (χ1v) is 7.28. The number of amides is 1. The van der Waals surface area contributed by atoms with E-state index in [-0.39, 0.29) is 17.9 Å². The summed E-state index contributed by atoms with van der Waals surface area (Å²) in [6, 6.07) is 0. The largest absolute Gasteiger partial charge is 0.435 e. The first kappa shape index (κ1) is 14.7. The van der Waals surface area contributed by atoms with Crippen molar-refractivity contribution < 1.29 is 13.9 Å². The maximum Gasteiger partial charge on any atom is 0.291 e. The van der Waals surface area contributed by atoms with Crippen LogP contribution in [-0.4, -0.2) is 57.5 Å². The minimum Gasteiger partial charge on any atom is -0.435 e. The number of nitrogens with zero attached hydrogens (tertiary/aromatic N) is 4. The third-order valence-electron chi connectivity index (χ3n) is 4.01. The van der Waals surface area contributed by atoms with Crippen LogP contribution in [-0.2, 0) is 11.2 Å². The summed E-state index contributed by atoms with van der Waals surface area (Å²) in [7, 11) is 1.64. The van der Waals surface area contributed by atoms with Crippen molar-refractivity contribution in [2.75, 3.05) is 20.2 Å². The molecule has 3 heterocycles. The van der Waals surface area contributed by atoms with Crippen molar-refractivity contribution in [3.63, 3.8) is 0 Å². The van der Waals surface area contributed by atoms with E-state index in [4.69, 9.17) is 9.15 Å². The molecule has 1 aliphatic heterocycles. The summed E-state index contributed by atoms with van der Waals surface area (Å²) in [5.41, 5.74) is 1.42. The van der Waals surface area contributed by atoms with Gasteiger partial charge in [-0.05, 0) is 6.92 Å². The van der Waals surface area contributed by atoms with E-state index in [9.17, 15) is 4.79 Å². The van der Waals surface area contributed by atoms with Gasteiger partial charge in [0.1, 0.15) is 0 Å². The lowest BCUT2D eigenvalue weighted by Crippen LogP contribution is -2.30. The molecule has 3 rings (SSSR count). The number of aromatic nitrogens is 4. The average molecular weight is 305 g/mol. The van der Waals surface area contributed by atoms with Crippen LogP contribution in [0, 0.1) is 6.92 Å². The molecule has 8 heteroatoms. The third-order valence-corrected chi connectivity index (χ3v) is 4.01. The monoisotopic (exact) mass is 305 g/mol. The topological polar surface area (TPSA) is 97.1 Å². The molecule has 2 aromatic rings. The Morgan fingerprint density at radius 3 is 2.95 bits per heavy atom. The zero-order valence-electron chi connectivity index (χ0n) is 12.9. The maximum atomic E-state index is 12.7. The van der Waals surface area contributed by atoms with E-state index in [0.717, 1.165) is 5.69 Å². The normalized spacial score (nSPS) is 21.5. The minimum atomic E-state index is -0.155. The lowest BCUT2D eigenvalue weighted by molar-refractivity contribution is 0.0685. The van der Waals surface area contributed by atoms with Crippen molar-refractivity contribution in [2.45, 2.75) is 32.3 Å². The highest BCUT2D eigenvalue weighted by Gasteiger charge is 2.39. The summed E-state index contributed by atoms with van der Waals surface area (Å²) >= 11 is 0. The summed E-state index contributed by atoms with van der Waals surface area (Å²) in [6.45, 7) is 4.74. The minimum absolute atomic E-state index is 0.00146. The maximum absolute atomic E-state index is 12.7. The Morgan fingerprint density at radius 2 is 2.36 bits per heavy atom. The third kappa shape index (κ3) is 2.50. The standard InChI is InChI=1S/C14H19N5O3/c1-4-12-16-8(2)13(22-12)14(20)19-6-9(11(7-19)21-3)10-5-15-18-17-10/h5,9,11H,4,6-7H2,1-3H3,(H,15,17,18)/t9-,11+/m0/s1.